The van der Waals surface area contributed by atoms with Crippen LogP contribution in [0.25, 0.3) is 0 Å². The normalized spacial score (nSPS) is 12.0. The van der Waals surface area contributed by atoms with Crippen LogP contribution < -0.4 is 14.4 Å². The van der Waals surface area contributed by atoms with Gasteiger partial charge in [0.05, 0.1) is 19.1 Å². The first-order valence-electron chi connectivity index (χ1n) is 13.5. The number of carbonyl (C=O) groups excluding carboxylic acids is 2. The predicted molar refractivity (Wildman–Crippen MR) is 164 cm³/mol. The molecule has 0 saturated carbocycles. The van der Waals surface area contributed by atoms with Crippen molar-refractivity contribution < 1.29 is 22.7 Å². The lowest BCUT2D eigenvalue weighted by atomic mass is 10.0. The number of carbonyl (C=O) groups is 2. The number of hydrogen-bond donors (Lipinski definition) is 1. The molecule has 8 nitrogen and oxygen atoms in total. The molecule has 1 N–H and O–H groups in total. The van der Waals surface area contributed by atoms with Gasteiger partial charge in [0.1, 0.15) is 11.8 Å². The van der Waals surface area contributed by atoms with Gasteiger partial charge in [-0.3, -0.25) is 13.9 Å². The van der Waals surface area contributed by atoms with Crippen LogP contribution in [0.4, 0.5) is 5.69 Å². The number of sulfonamides is 1. The number of benzene rings is 3. The number of nitrogens with one attached hydrogen (secondary N) is 1. The number of methoxy groups -OCH3 is 1. The Balaban J connectivity index is 1.90. The van der Waals surface area contributed by atoms with Gasteiger partial charge in [0, 0.05) is 37.0 Å². The van der Waals surface area contributed by atoms with Gasteiger partial charge in [-0.05, 0) is 61.7 Å². The summed E-state index contributed by atoms with van der Waals surface area (Å²) in [4.78, 5) is 29.0. The second-order valence-corrected chi connectivity index (χ2v) is 12.5. The van der Waals surface area contributed by atoms with E-state index in [0.717, 1.165) is 17.4 Å². The Morgan fingerprint density at radius 2 is 1.63 bits per heavy atom. The quantitative estimate of drug-likeness (QED) is 0.279. The zero-order valence-corrected chi connectivity index (χ0v) is 25.5. The van der Waals surface area contributed by atoms with E-state index in [0.29, 0.717) is 22.9 Å². The van der Waals surface area contributed by atoms with E-state index < -0.39 is 16.1 Å². The zero-order valence-electron chi connectivity index (χ0n) is 23.9. The molecule has 1 atom stereocenters. The highest BCUT2D eigenvalue weighted by molar-refractivity contribution is 7.92. The van der Waals surface area contributed by atoms with Crippen LogP contribution in [0.2, 0.25) is 5.02 Å². The van der Waals surface area contributed by atoms with Crippen LogP contribution in [0.15, 0.2) is 78.9 Å². The van der Waals surface area contributed by atoms with Gasteiger partial charge in [-0.15, -0.1) is 0 Å². The lowest BCUT2D eigenvalue weighted by Crippen LogP contribution is -2.51. The van der Waals surface area contributed by atoms with Gasteiger partial charge < -0.3 is 15.0 Å². The number of rotatable bonds is 14. The molecule has 0 bridgehead atoms. The molecule has 0 saturated heterocycles. The smallest absolute Gasteiger partial charge is 0.243 e. The third-order valence-corrected chi connectivity index (χ3v) is 7.87. The maximum Gasteiger partial charge on any atom is 0.243 e. The molecular formula is C31H38ClN3O5S. The van der Waals surface area contributed by atoms with Gasteiger partial charge in [-0.2, -0.15) is 0 Å². The molecule has 3 rings (SSSR count). The molecule has 0 heterocycles. The highest BCUT2D eigenvalue weighted by Gasteiger charge is 2.31. The van der Waals surface area contributed by atoms with Crippen LogP contribution in [0.3, 0.4) is 0 Å². The molecule has 0 fully saturated rings. The minimum absolute atomic E-state index is 0.0385. The van der Waals surface area contributed by atoms with E-state index in [4.69, 9.17) is 16.3 Å². The third-order valence-electron chi connectivity index (χ3n) is 6.44. The molecule has 0 unspecified atom stereocenters. The average molecular weight is 600 g/mol. The summed E-state index contributed by atoms with van der Waals surface area (Å²) in [5.41, 5.74) is 2.16. The van der Waals surface area contributed by atoms with Crippen LogP contribution in [-0.4, -0.2) is 57.1 Å². The van der Waals surface area contributed by atoms with Gasteiger partial charge in [-0.25, -0.2) is 8.42 Å². The Morgan fingerprint density at radius 3 is 2.27 bits per heavy atom. The number of anilines is 1. The summed E-state index contributed by atoms with van der Waals surface area (Å²) < 4.78 is 31.8. The standard InChI is InChI=1S/C31H38ClN3O5S/c1-23(2)33-31(37)29(20-24-11-6-5-7-12-24)34(22-25-13-8-16-28(19-25)40-3)30(36)17-10-18-35(41(4,38)39)27-15-9-14-26(32)21-27/h5-9,11-16,19,21,23,29H,10,17-18,20,22H2,1-4H3,(H,33,37)/t29-/m0/s1. The minimum atomic E-state index is -3.62. The second kappa shape index (κ2) is 14.9. The van der Waals surface area contributed by atoms with Gasteiger partial charge in [0.15, 0.2) is 0 Å². The number of halogens is 1. The monoisotopic (exact) mass is 599 g/mol. The SMILES string of the molecule is COc1cccc(CN(C(=O)CCCN(c2cccc(Cl)c2)S(C)(=O)=O)[C@@H](Cc2ccccc2)C(=O)NC(C)C)c1. The van der Waals surface area contributed by atoms with Crippen LogP contribution in [0, 0.1) is 0 Å². The molecule has 3 aromatic rings. The summed E-state index contributed by atoms with van der Waals surface area (Å²) in [7, 11) is -2.05. The van der Waals surface area contributed by atoms with Crippen LogP contribution in [-0.2, 0) is 32.6 Å². The van der Waals surface area contributed by atoms with E-state index in [2.05, 4.69) is 5.32 Å². The fourth-order valence-corrected chi connectivity index (χ4v) is 5.68. The summed E-state index contributed by atoms with van der Waals surface area (Å²) in [5, 5.41) is 3.38. The van der Waals surface area contributed by atoms with Crippen LogP contribution in [0.1, 0.15) is 37.8 Å². The van der Waals surface area contributed by atoms with E-state index in [1.54, 1.807) is 36.3 Å². The molecule has 220 valence electrons. The molecule has 2 amide bonds. The van der Waals surface area contributed by atoms with E-state index >= 15 is 0 Å². The summed E-state index contributed by atoms with van der Waals surface area (Å²) in [5.74, 6) is 0.135. The van der Waals surface area contributed by atoms with Crippen molar-refractivity contribution >= 4 is 39.1 Å². The lowest BCUT2D eigenvalue weighted by molar-refractivity contribution is -0.141. The van der Waals surface area contributed by atoms with Crippen molar-refractivity contribution in [1.82, 2.24) is 10.2 Å². The van der Waals surface area contributed by atoms with Gasteiger partial charge in [0.25, 0.3) is 0 Å². The molecule has 10 heteroatoms. The third kappa shape index (κ3) is 9.79. The highest BCUT2D eigenvalue weighted by Crippen LogP contribution is 2.23. The zero-order chi connectivity index (χ0) is 30.0. The van der Waals surface area contributed by atoms with Crippen molar-refractivity contribution in [1.29, 1.82) is 0 Å². The largest absolute Gasteiger partial charge is 0.497 e. The summed E-state index contributed by atoms with van der Waals surface area (Å²) in [6.07, 6.45) is 1.73. The van der Waals surface area contributed by atoms with Crippen molar-refractivity contribution in [3.63, 3.8) is 0 Å². The molecule has 0 aromatic heterocycles. The van der Waals surface area contributed by atoms with Crippen molar-refractivity contribution in [2.75, 3.05) is 24.2 Å². The van der Waals surface area contributed by atoms with E-state index in [-0.39, 0.29) is 43.8 Å². The molecular weight excluding hydrogens is 562 g/mol. The Hall–Kier alpha value is -3.56. The molecule has 0 aliphatic carbocycles. The fourth-order valence-electron chi connectivity index (χ4n) is 4.54. The van der Waals surface area contributed by atoms with E-state index in [9.17, 15) is 18.0 Å². The number of ether oxygens (including phenoxy) is 1. The molecule has 0 aliphatic heterocycles. The lowest BCUT2D eigenvalue weighted by Gasteiger charge is -2.32. The first-order chi connectivity index (χ1) is 19.5. The Morgan fingerprint density at radius 1 is 0.951 bits per heavy atom. The topological polar surface area (TPSA) is 96.0 Å². The number of hydrogen-bond acceptors (Lipinski definition) is 5. The first kappa shape index (κ1) is 32.0. The molecule has 0 aliphatic rings. The number of amides is 2. The Bertz CT molecular complexity index is 1420. The van der Waals surface area contributed by atoms with Crippen LogP contribution in [0.5, 0.6) is 5.75 Å². The van der Waals surface area contributed by atoms with E-state index in [1.807, 2.05) is 68.4 Å². The van der Waals surface area contributed by atoms with Gasteiger partial charge in [0.2, 0.25) is 21.8 Å². The summed E-state index contributed by atoms with van der Waals surface area (Å²) >= 11 is 6.10. The summed E-state index contributed by atoms with van der Waals surface area (Å²) in [6.45, 7) is 4.02. The van der Waals surface area contributed by atoms with E-state index in [1.165, 1.54) is 4.31 Å². The van der Waals surface area contributed by atoms with Crippen molar-refractivity contribution in [3.8, 4) is 5.75 Å². The molecule has 0 spiro atoms. The van der Waals surface area contributed by atoms with Crippen LogP contribution >= 0.6 is 11.6 Å². The molecule has 3 aromatic carbocycles. The number of nitrogens with zero attached hydrogens (tertiary/aromatic N) is 2. The van der Waals surface area contributed by atoms with Crippen molar-refractivity contribution in [2.45, 2.75) is 51.7 Å². The predicted octanol–water partition coefficient (Wildman–Crippen LogP) is 5.06. The average Bonchev–Trinajstić information content (AvgIpc) is 2.92. The minimum Gasteiger partial charge on any atom is -0.497 e. The van der Waals surface area contributed by atoms with Gasteiger partial charge in [-0.1, -0.05) is 60.1 Å². The maximum absolute atomic E-state index is 13.9. The van der Waals surface area contributed by atoms with Gasteiger partial charge >= 0.3 is 0 Å². The Kier molecular flexibility index (Phi) is 11.6. The first-order valence-corrected chi connectivity index (χ1v) is 15.7. The van der Waals surface area contributed by atoms with Crippen molar-refractivity contribution in [3.05, 3.63) is 95.0 Å². The van der Waals surface area contributed by atoms with Crippen molar-refractivity contribution in [2.24, 2.45) is 0 Å². The molecule has 41 heavy (non-hydrogen) atoms. The molecule has 0 radical (unpaired) electrons. The fraction of sp³-hybridized carbons (Fsp3) is 0.355. The maximum atomic E-state index is 13.9. The Labute approximate surface area is 248 Å². The second-order valence-electron chi connectivity index (χ2n) is 10.2. The highest BCUT2D eigenvalue weighted by atomic mass is 35.5. The summed E-state index contributed by atoms with van der Waals surface area (Å²) in [6, 6.07) is 22.6.